The van der Waals surface area contributed by atoms with Crippen LogP contribution >= 0.6 is 0 Å². The van der Waals surface area contributed by atoms with Gasteiger partial charge in [0, 0.05) is 0 Å². The van der Waals surface area contributed by atoms with Crippen LogP contribution < -0.4 is 0 Å². The second kappa shape index (κ2) is 4.92. The molecule has 0 radical (unpaired) electrons. The van der Waals surface area contributed by atoms with Crippen LogP contribution in [0.3, 0.4) is 0 Å². The molecule has 0 aromatic carbocycles. The Balaban J connectivity index is 2.85. The first kappa shape index (κ1) is 13.8. The molecule has 2 unspecified atom stereocenters. The van der Waals surface area contributed by atoms with E-state index in [0.29, 0.717) is 0 Å². The van der Waals surface area contributed by atoms with Crippen LogP contribution in [0.4, 0.5) is 0 Å². The van der Waals surface area contributed by atoms with E-state index in [4.69, 9.17) is 5.11 Å². The van der Waals surface area contributed by atoms with E-state index in [0.717, 1.165) is 6.26 Å². The maximum atomic E-state index is 10.9. The number of hydrogen-bond acceptors (Lipinski definition) is 8. The molecule has 1 fully saturated rings. The quantitative estimate of drug-likeness (QED) is 0.388. The van der Waals surface area contributed by atoms with Crippen LogP contribution in [0.15, 0.2) is 0 Å². The van der Waals surface area contributed by atoms with Gasteiger partial charge in [0.25, 0.3) is 10.1 Å². The number of aliphatic hydroxyl groups excluding tert-OH is 4. The summed E-state index contributed by atoms with van der Waals surface area (Å²) in [5.74, 6) is 0. The lowest BCUT2D eigenvalue weighted by atomic mass is 9.99. The molecule has 0 bridgehead atoms. The van der Waals surface area contributed by atoms with E-state index in [1.807, 2.05) is 0 Å². The lowest BCUT2D eigenvalue weighted by Crippen LogP contribution is -2.59. The Morgan fingerprint density at radius 1 is 1.25 bits per heavy atom. The molecule has 1 rings (SSSR count). The Hall–Kier alpha value is -0.290. The van der Waals surface area contributed by atoms with Crippen LogP contribution in [-0.4, -0.2) is 72.4 Å². The summed E-state index contributed by atoms with van der Waals surface area (Å²) in [6.45, 7) is -0.644. The second-order valence-electron chi connectivity index (χ2n) is 3.49. The van der Waals surface area contributed by atoms with Crippen LogP contribution in [0, 0.1) is 0 Å². The molecule has 0 saturated carbocycles. The average Bonchev–Trinajstić information content (AvgIpc) is 2.17. The molecule has 16 heavy (non-hydrogen) atoms. The van der Waals surface area contributed by atoms with Crippen molar-refractivity contribution in [3.8, 4) is 0 Å². The van der Waals surface area contributed by atoms with Crippen molar-refractivity contribution >= 4 is 10.1 Å². The summed E-state index contributed by atoms with van der Waals surface area (Å²) in [6, 6.07) is 0. The molecule has 0 amide bonds. The lowest BCUT2D eigenvalue weighted by molar-refractivity contribution is -0.281. The van der Waals surface area contributed by atoms with Gasteiger partial charge in [0.2, 0.25) is 0 Å². The first-order valence-corrected chi connectivity index (χ1v) is 6.26. The summed E-state index contributed by atoms with van der Waals surface area (Å²) in [5.41, 5.74) is 0. The van der Waals surface area contributed by atoms with Crippen molar-refractivity contribution in [2.24, 2.45) is 0 Å². The molecule has 0 aromatic heterocycles. The summed E-state index contributed by atoms with van der Waals surface area (Å²) in [4.78, 5) is 0. The molecular weight excluding hydrogens is 244 g/mol. The molecule has 0 spiro atoms. The van der Waals surface area contributed by atoms with E-state index in [2.05, 4.69) is 8.92 Å². The summed E-state index contributed by atoms with van der Waals surface area (Å²) in [6.07, 6.45) is -7.05. The minimum Gasteiger partial charge on any atom is -0.394 e. The van der Waals surface area contributed by atoms with E-state index in [1.54, 1.807) is 0 Å². The van der Waals surface area contributed by atoms with Crippen LogP contribution in [0.5, 0.6) is 0 Å². The molecule has 1 heterocycles. The van der Waals surface area contributed by atoms with E-state index < -0.39 is 47.4 Å². The molecule has 5 atom stereocenters. The Morgan fingerprint density at radius 3 is 2.25 bits per heavy atom. The minimum atomic E-state index is -3.91. The van der Waals surface area contributed by atoms with Crippen LogP contribution in [0.25, 0.3) is 0 Å². The van der Waals surface area contributed by atoms with Gasteiger partial charge in [-0.15, -0.1) is 0 Å². The Bertz CT molecular complexity index is 327. The van der Waals surface area contributed by atoms with Crippen molar-refractivity contribution in [2.75, 3.05) is 12.9 Å². The van der Waals surface area contributed by atoms with Gasteiger partial charge in [0.05, 0.1) is 12.9 Å². The number of hydrogen-bond donors (Lipinski definition) is 4. The number of aliphatic hydroxyl groups is 4. The molecule has 96 valence electrons. The molecule has 9 heteroatoms. The average molecular weight is 258 g/mol. The van der Waals surface area contributed by atoms with Gasteiger partial charge in [0.15, 0.2) is 6.29 Å². The lowest BCUT2D eigenvalue weighted by Gasteiger charge is -2.39. The Labute approximate surface area is 92.2 Å². The van der Waals surface area contributed by atoms with E-state index in [9.17, 15) is 23.7 Å². The topological polar surface area (TPSA) is 134 Å². The molecule has 0 aromatic rings. The zero-order valence-corrected chi connectivity index (χ0v) is 9.24. The van der Waals surface area contributed by atoms with Crippen LogP contribution in [0.1, 0.15) is 0 Å². The van der Waals surface area contributed by atoms with Gasteiger partial charge in [0.1, 0.15) is 24.4 Å². The SMILES string of the molecule is CS(=O)(=O)O[C@@H]1C(O)[C@H](O)OC(CO)[C@H]1O. The zero-order chi connectivity index (χ0) is 12.5. The third-order valence-electron chi connectivity index (χ3n) is 2.13. The fraction of sp³-hybridized carbons (Fsp3) is 1.00. The van der Waals surface area contributed by atoms with Crippen molar-refractivity contribution in [3.05, 3.63) is 0 Å². The summed E-state index contributed by atoms with van der Waals surface area (Å²) in [7, 11) is -3.91. The first-order valence-electron chi connectivity index (χ1n) is 4.45. The van der Waals surface area contributed by atoms with Gasteiger partial charge in [-0.05, 0) is 0 Å². The molecule has 4 N–H and O–H groups in total. The fourth-order valence-electron chi connectivity index (χ4n) is 1.38. The minimum absolute atomic E-state index is 0.644. The monoisotopic (exact) mass is 258 g/mol. The van der Waals surface area contributed by atoms with Gasteiger partial charge in [-0.1, -0.05) is 0 Å². The summed E-state index contributed by atoms with van der Waals surface area (Å²) >= 11 is 0. The highest BCUT2D eigenvalue weighted by Crippen LogP contribution is 2.23. The van der Waals surface area contributed by atoms with E-state index in [1.165, 1.54) is 0 Å². The van der Waals surface area contributed by atoms with Crippen molar-refractivity contribution in [3.63, 3.8) is 0 Å². The number of rotatable bonds is 3. The predicted molar refractivity (Wildman–Crippen MR) is 49.7 cm³/mol. The smallest absolute Gasteiger partial charge is 0.264 e. The fourth-order valence-corrected chi connectivity index (χ4v) is 2.01. The third-order valence-corrected chi connectivity index (χ3v) is 2.70. The molecule has 1 aliphatic rings. The normalized spacial score (nSPS) is 40.9. The summed E-state index contributed by atoms with van der Waals surface area (Å²) in [5, 5.41) is 36.9. The number of ether oxygens (including phenoxy) is 1. The van der Waals surface area contributed by atoms with Gasteiger partial charge in [-0.25, -0.2) is 0 Å². The largest absolute Gasteiger partial charge is 0.394 e. The van der Waals surface area contributed by atoms with E-state index >= 15 is 0 Å². The third kappa shape index (κ3) is 3.10. The zero-order valence-electron chi connectivity index (χ0n) is 8.42. The molecule has 1 saturated heterocycles. The highest BCUT2D eigenvalue weighted by Gasteiger charge is 2.46. The van der Waals surface area contributed by atoms with Crippen LogP contribution in [0.2, 0.25) is 0 Å². The summed E-state index contributed by atoms with van der Waals surface area (Å²) < 4.78 is 30.8. The van der Waals surface area contributed by atoms with Gasteiger partial charge < -0.3 is 25.2 Å². The maximum Gasteiger partial charge on any atom is 0.264 e. The molecular formula is C7H14O8S. The second-order valence-corrected chi connectivity index (χ2v) is 5.09. The van der Waals surface area contributed by atoms with Gasteiger partial charge >= 0.3 is 0 Å². The van der Waals surface area contributed by atoms with Gasteiger partial charge in [-0.3, -0.25) is 4.18 Å². The van der Waals surface area contributed by atoms with Crippen molar-refractivity contribution in [1.82, 2.24) is 0 Å². The van der Waals surface area contributed by atoms with Crippen molar-refractivity contribution < 1.29 is 37.8 Å². The Kier molecular flexibility index (Phi) is 4.23. The van der Waals surface area contributed by atoms with E-state index in [-0.39, 0.29) is 0 Å². The maximum absolute atomic E-state index is 10.9. The first-order chi connectivity index (χ1) is 7.26. The highest BCUT2D eigenvalue weighted by atomic mass is 32.2. The standard InChI is InChI=1S/C7H14O8S/c1-16(12,13)15-6-4(9)3(2-8)14-7(11)5(6)10/h3-11H,2H2,1H3/t3?,4-,5?,6+,7-/m1/s1. The van der Waals surface area contributed by atoms with Crippen molar-refractivity contribution in [2.45, 2.75) is 30.7 Å². The predicted octanol–water partition coefficient (Wildman–Crippen LogP) is -3.24. The molecule has 0 aliphatic carbocycles. The van der Waals surface area contributed by atoms with Crippen LogP contribution in [-0.2, 0) is 19.0 Å². The highest BCUT2D eigenvalue weighted by molar-refractivity contribution is 7.86. The molecule has 1 aliphatic heterocycles. The van der Waals surface area contributed by atoms with Crippen molar-refractivity contribution in [1.29, 1.82) is 0 Å². The van der Waals surface area contributed by atoms with Gasteiger partial charge in [-0.2, -0.15) is 8.42 Å². The Morgan fingerprint density at radius 2 is 1.81 bits per heavy atom. The molecule has 8 nitrogen and oxygen atoms in total.